The largest absolute Gasteiger partial charge is 0.433 e. The van der Waals surface area contributed by atoms with Crippen molar-refractivity contribution in [2.75, 3.05) is 0 Å². The Balaban J connectivity index is 2.16. The van der Waals surface area contributed by atoms with Gasteiger partial charge in [0.05, 0.1) is 22.3 Å². The number of rotatable bonds is 5. The van der Waals surface area contributed by atoms with Crippen LogP contribution in [0.4, 0.5) is 5.88 Å². The van der Waals surface area contributed by atoms with Gasteiger partial charge in [0.1, 0.15) is 15.7 Å². The zero-order valence-electron chi connectivity index (χ0n) is 12.6. The Morgan fingerprint density at radius 2 is 2.17 bits per heavy atom. The Bertz CT molecular complexity index is 803. The number of thiazole rings is 1. The highest BCUT2D eigenvalue weighted by Crippen LogP contribution is 2.22. The van der Waals surface area contributed by atoms with Gasteiger partial charge in [0.25, 0.3) is 0 Å². The number of aromatic nitrogens is 1. The summed E-state index contributed by atoms with van der Waals surface area (Å²) in [5, 5.41) is 15.0. The lowest BCUT2D eigenvalue weighted by molar-refractivity contribution is -0.402. The molecule has 0 saturated carbocycles. The Hall–Kier alpha value is -2.81. The van der Waals surface area contributed by atoms with Gasteiger partial charge in [0.15, 0.2) is 0 Å². The van der Waals surface area contributed by atoms with Crippen molar-refractivity contribution in [3.8, 4) is 0 Å². The van der Waals surface area contributed by atoms with Crippen LogP contribution in [-0.4, -0.2) is 21.6 Å². The van der Waals surface area contributed by atoms with Crippen molar-refractivity contribution in [2.45, 2.75) is 20.8 Å². The number of hydrogen-bond acceptors (Lipinski definition) is 8. The number of carbonyl (C=O) groups excluding carboxylic acids is 1. The van der Waals surface area contributed by atoms with E-state index < -0.39 is 10.9 Å². The minimum Gasteiger partial charge on any atom is -0.401 e. The molecule has 120 valence electrons. The fourth-order valence-electron chi connectivity index (χ4n) is 1.68. The summed E-state index contributed by atoms with van der Waals surface area (Å²) in [6, 6.07) is 2.79. The summed E-state index contributed by atoms with van der Waals surface area (Å²) < 4.78 is 5.03. The molecule has 2 aromatic rings. The van der Waals surface area contributed by atoms with E-state index in [1.165, 1.54) is 30.4 Å². The van der Waals surface area contributed by atoms with Gasteiger partial charge < -0.3 is 9.25 Å². The van der Waals surface area contributed by atoms with Gasteiger partial charge >= 0.3 is 11.9 Å². The fourth-order valence-corrected chi connectivity index (χ4v) is 2.59. The van der Waals surface area contributed by atoms with E-state index in [0.29, 0.717) is 16.5 Å². The molecule has 0 aliphatic heterocycles. The van der Waals surface area contributed by atoms with Crippen molar-refractivity contribution in [2.24, 2.45) is 5.16 Å². The van der Waals surface area contributed by atoms with Crippen LogP contribution in [0.25, 0.3) is 12.2 Å². The molecule has 0 unspecified atom stereocenters. The van der Waals surface area contributed by atoms with Crippen molar-refractivity contribution < 1.29 is 19.0 Å². The van der Waals surface area contributed by atoms with Crippen LogP contribution in [0.1, 0.15) is 35.2 Å². The van der Waals surface area contributed by atoms with Crippen LogP contribution in [0.5, 0.6) is 0 Å². The number of hydrogen-bond donors (Lipinski definition) is 0. The predicted molar refractivity (Wildman–Crippen MR) is 85.1 cm³/mol. The number of aryl methyl sites for hydroxylation is 1. The van der Waals surface area contributed by atoms with Gasteiger partial charge in [-0.2, -0.15) is 0 Å². The molecule has 0 bridgehead atoms. The molecule has 0 amide bonds. The maximum Gasteiger partial charge on any atom is 0.433 e. The topological polar surface area (TPSA) is 108 Å². The van der Waals surface area contributed by atoms with Crippen LogP contribution >= 0.6 is 11.3 Å². The number of nitro groups is 1. The van der Waals surface area contributed by atoms with Crippen LogP contribution in [0.2, 0.25) is 0 Å². The lowest BCUT2D eigenvalue weighted by Crippen LogP contribution is -1.98. The van der Waals surface area contributed by atoms with Gasteiger partial charge in [-0.05, 0) is 32.1 Å². The summed E-state index contributed by atoms with van der Waals surface area (Å²) in [5.74, 6) is -0.451. The molecule has 0 aromatic carbocycles. The monoisotopic (exact) mass is 335 g/mol. The third kappa shape index (κ3) is 4.33. The number of carbonyl (C=O) groups is 1. The van der Waals surface area contributed by atoms with Crippen molar-refractivity contribution in [3.05, 3.63) is 43.6 Å². The zero-order chi connectivity index (χ0) is 17.0. The van der Waals surface area contributed by atoms with Gasteiger partial charge in [0.2, 0.25) is 0 Å². The summed E-state index contributed by atoms with van der Waals surface area (Å²) in [7, 11) is 0. The Labute approximate surface area is 135 Å². The first-order valence-corrected chi connectivity index (χ1v) is 7.30. The lowest BCUT2D eigenvalue weighted by Gasteiger charge is -1.96. The van der Waals surface area contributed by atoms with Crippen LogP contribution in [-0.2, 0) is 9.63 Å². The highest BCUT2D eigenvalue weighted by molar-refractivity contribution is 7.14. The molecule has 0 atom stereocenters. The molecule has 0 saturated heterocycles. The first kappa shape index (κ1) is 16.6. The Kier molecular flexibility index (Phi) is 5.02. The first-order valence-electron chi connectivity index (χ1n) is 6.49. The average molecular weight is 335 g/mol. The van der Waals surface area contributed by atoms with Gasteiger partial charge in [-0.3, -0.25) is 10.1 Å². The molecule has 0 radical (unpaired) electrons. The minimum atomic E-state index is -0.599. The van der Waals surface area contributed by atoms with Gasteiger partial charge in [0, 0.05) is 6.92 Å². The molecular formula is C14H13N3O5S. The summed E-state index contributed by atoms with van der Waals surface area (Å²) in [5.41, 5.74) is 1.29. The van der Waals surface area contributed by atoms with E-state index in [9.17, 15) is 14.9 Å². The van der Waals surface area contributed by atoms with E-state index in [1.54, 1.807) is 19.1 Å². The SMILES string of the molecule is CC(=O)O/N=C(\C)c1sc(/C=C/c2ccc([N+](=O)[O-])o2)nc1C. The predicted octanol–water partition coefficient (Wildman–Crippen LogP) is 3.41. The maximum atomic E-state index is 10.8. The second-order valence-corrected chi connectivity index (χ2v) is 5.52. The molecule has 23 heavy (non-hydrogen) atoms. The molecule has 2 rings (SSSR count). The van der Waals surface area contributed by atoms with Crippen LogP contribution < -0.4 is 0 Å². The van der Waals surface area contributed by atoms with E-state index in [2.05, 4.69) is 15.0 Å². The smallest absolute Gasteiger partial charge is 0.401 e. The summed E-state index contributed by atoms with van der Waals surface area (Å²) in [6.07, 6.45) is 3.27. The molecule has 2 aromatic heterocycles. The van der Waals surface area contributed by atoms with Crippen molar-refractivity contribution >= 4 is 41.1 Å². The number of nitrogens with zero attached hydrogens (tertiary/aromatic N) is 3. The first-order chi connectivity index (χ1) is 10.9. The molecule has 2 heterocycles. The molecule has 0 aliphatic rings. The van der Waals surface area contributed by atoms with Crippen molar-refractivity contribution in [3.63, 3.8) is 0 Å². The molecule has 0 spiro atoms. The standard InChI is InChI=1S/C14H13N3O5S/c1-8-14(9(2)16-22-10(3)18)23-12(15-8)6-4-11-5-7-13(21-11)17(19)20/h4-7H,1-3H3/b6-4+,16-9+. The van der Waals surface area contributed by atoms with Crippen LogP contribution in [0.3, 0.4) is 0 Å². The quantitative estimate of drug-likeness (QED) is 0.358. The number of furan rings is 1. The summed E-state index contributed by atoms with van der Waals surface area (Å²) in [6.45, 7) is 4.80. The minimum absolute atomic E-state index is 0.315. The molecule has 0 fully saturated rings. The third-order valence-corrected chi connectivity index (χ3v) is 3.87. The second kappa shape index (κ2) is 6.97. The van der Waals surface area contributed by atoms with E-state index in [4.69, 9.17) is 4.42 Å². The Morgan fingerprint density at radius 3 is 2.78 bits per heavy atom. The molecule has 0 aliphatic carbocycles. The van der Waals surface area contributed by atoms with Crippen LogP contribution in [0.15, 0.2) is 21.7 Å². The van der Waals surface area contributed by atoms with Gasteiger partial charge in [-0.25, -0.2) is 9.78 Å². The van der Waals surface area contributed by atoms with E-state index in [0.717, 1.165) is 10.6 Å². The average Bonchev–Trinajstić information content (AvgIpc) is 3.09. The molecule has 0 N–H and O–H groups in total. The van der Waals surface area contributed by atoms with Gasteiger partial charge in [-0.15, -0.1) is 11.3 Å². The highest BCUT2D eigenvalue weighted by Gasteiger charge is 2.12. The van der Waals surface area contributed by atoms with Crippen molar-refractivity contribution in [1.82, 2.24) is 4.98 Å². The number of oxime groups is 1. The fraction of sp³-hybridized carbons (Fsp3) is 0.214. The Morgan fingerprint density at radius 1 is 1.43 bits per heavy atom. The second-order valence-electron chi connectivity index (χ2n) is 4.49. The summed E-state index contributed by atoms with van der Waals surface area (Å²) in [4.78, 5) is 30.5. The highest BCUT2D eigenvalue weighted by atomic mass is 32.1. The van der Waals surface area contributed by atoms with E-state index in [-0.39, 0.29) is 5.88 Å². The van der Waals surface area contributed by atoms with Gasteiger partial charge in [-0.1, -0.05) is 5.16 Å². The maximum absolute atomic E-state index is 10.8. The van der Waals surface area contributed by atoms with Crippen LogP contribution in [0, 0.1) is 17.0 Å². The molecular weight excluding hydrogens is 322 g/mol. The lowest BCUT2D eigenvalue weighted by atomic mass is 10.3. The summed E-state index contributed by atoms with van der Waals surface area (Å²) >= 11 is 1.36. The third-order valence-electron chi connectivity index (χ3n) is 2.64. The van der Waals surface area contributed by atoms with E-state index in [1.807, 2.05) is 6.92 Å². The molecule has 9 heteroatoms. The van der Waals surface area contributed by atoms with Crippen molar-refractivity contribution in [1.29, 1.82) is 0 Å². The molecule has 8 nitrogen and oxygen atoms in total. The zero-order valence-corrected chi connectivity index (χ0v) is 13.4. The normalized spacial score (nSPS) is 11.9. The van der Waals surface area contributed by atoms with E-state index >= 15 is 0 Å².